The smallest absolute Gasteiger partial charge is 0.235 e. The van der Waals surface area contributed by atoms with Gasteiger partial charge in [0.25, 0.3) is 0 Å². The van der Waals surface area contributed by atoms with E-state index in [-0.39, 0.29) is 12.2 Å². The third kappa shape index (κ3) is 0.910. The summed E-state index contributed by atoms with van der Waals surface area (Å²) in [7, 11) is 0. The van der Waals surface area contributed by atoms with Crippen molar-refractivity contribution in [2.45, 2.75) is 6.54 Å². The molecule has 0 aliphatic heterocycles. The van der Waals surface area contributed by atoms with E-state index in [4.69, 9.17) is 11.0 Å². The van der Waals surface area contributed by atoms with E-state index in [0.29, 0.717) is 0 Å². The molecular formula is C5H5FN4. The van der Waals surface area contributed by atoms with Crippen LogP contribution in [0.3, 0.4) is 0 Å². The number of hydrogen-bond donors (Lipinski definition) is 1. The van der Waals surface area contributed by atoms with Gasteiger partial charge < -0.3 is 5.73 Å². The lowest BCUT2D eigenvalue weighted by Gasteiger charge is -1.91. The standard InChI is InChI=1S/C5H5FN4/c6-5-4(8)3-9-10(5)2-1-7/h3H,2,8H2. The van der Waals surface area contributed by atoms with Crippen LogP contribution >= 0.6 is 0 Å². The van der Waals surface area contributed by atoms with E-state index >= 15 is 0 Å². The number of rotatable bonds is 1. The normalized spacial score (nSPS) is 9.20. The Labute approximate surface area is 56.7 Å². The van der Waals surface area contributed by atoms with E-state index in [0.717, 1.165) is 4.68 Å². The van der Waals surface area contributed by atoms with Crippen LogP contribution in [-0.2, 0) is 6.54 Å². The van der Waals surface area contributed by atoms with Crippen LogP contribution in [-0.4, -0.2) is 9.78 Å². The molecule has 0 bridgehead atoms. The summed E-state index contributed by atoms with van der Waals surface area (Å²) in [5.41, 5.74) is 5.07. The fourth-order valence-electron chi connectivity index (χ4n) is 0.562. The van der Waals surface area contributed by atoms with E-state index < -0.39 is 5.95 Å². The Morgan fingerprint density at radius 3 is 3.00 bits per heavy atom. The molecule has 0 radical (unpaired) electrons. The summed E-state index contributed by atoms with van der Waals surface area (Å²) in [5.74, 6) is -0.651. The number of nitrogens with two attached hydrogens (primary N) is 1. The Hall–Kier alpha value is -1.57. The van der Waals surface area contributed by atoms with Gasteiger partial charge in [0.1, 0.15) is 12.2 Å². The van der Waals surface area contributed by atoms with Crippen LogP contribution in [0.25, 0.3) is 0 Å². The Morgan fingerprint density at radius 1 is 1.90 bits per heavy atom. The maximum absolute atomic E-state index is 12.6. The number of anilines is 1. The fourth-order valence-corrected chi connectivity index (χ4v) is 0.562. The largest absolute Gasteiger partial charge is 0.394 e. The van der Waals surface area contributed by atoms with Gasteiger partial charge in [0, 0.05) is 0 Å². The van der Waals surface area contributed by atoms with Gasteiger partial charge >= 0.3 is 0 Å². The predicted octanol–water partition coefficient (Wildman–Crippen LogP) is 0.128. The van der Waals surface area contributed by atoms with Crippen LogP contribution in [0.15, 0.2) is 6.20 Å². The molecule has 0 aliphatic rings. The number of nitrogens with zero attached hydrogens (tertiary/aromatic N) is 3. The van der Waals surface area contributed by atoms with E-state index in [1.807, 2.05) is 0 Å². The summed E-state index contributed by atoms with van der Waals surface area (Å²) in [4.78, 5) is 0. The lowest BCUT2D eigenvalue weighted by Crippen LogP contribution is -2.01. The van der Waals surface area contributed by atoms with E-state index in [9.17, 15) is 4.39 Å². The van der Waals surface area contributed by atoms with Crippen molar-refractivity contribution in [3.63, 3.8) is 0 Å². The summed E-state index contributed by atoms with van der Waals surface area (Å²) in [6, 6.07) is 1.74. The second-order valence-corrected chi connectivity index (χ2v) is 1.71. The van der Waals surface area contributed by atoms with Crippen LogP contribution in [0.1, 0.15) is 0 Å². The summed E-state index contributed by atoms with van der Waals surface area (Å²) in [5, 5.41) is 11.6. The summed E-state index contributed by atoms with van der Waals surface area (Å²) >= 11 is 0. The van der Waals surface area contributed by atoms with Crippen molar-refractivity contribution >= 4 is 5.69 Å². The molecule has 2 N–H and O–H groups in total. The fraction of sp³-hybridized carbons (Fsp3) is 0.200. The first-order chi connectivity index (χ1) is 4.75. The van der Waals surface area contributed by atoms with Crippen molar-refractivity contribution < 1.29 is 4.39 Å². The molecule has 1 heterocycles. The molecule has 10 heavy (non-hydrogen) atoms. The van der Waals surface area contributed by atoms with Gasteiger partial charge in [-0.05, 0) is 0 Å². The molecule has 1 aromatic rings. The summed E-state index contributed by atoms with van der Waals surface area (Å²) in [6.45, 7) is -0.108. The zero-order valence-corrected chi connectivity index (χ0v) is 5.08. The second-order valence-electron chi connectivity index (χ2n) is 1.71. The highest BCUT2D eigenvalue weighted by Gasteiger charge is 2.04. The van der Waals surface area contributed by atoms with Crippen LogP contribution in [0, 0.1) is 17.3 Å². The second kappa shape index (κ2) is 2.35. The first-order valence-corrected chi connectivity index (χ1v) is 2.59. The van der Waals surface area contributed by atoms with Gasteiger partial charge in [-0.15, -0.1) is 0 Å². The van der Waals surface area contributed by atoms with Gasteiger partial charge in [-0.3, -0.25) is 0 Å². The van der Waals surface area contributed by atoms with Crippen LogP contribution < -0.4 is 5.73 Å². The number of nitriles is 1. The molecule has 0 saturated carbocycles. The average molecular weight is 140 g/mol. The van der Waals surface area contributed by atoms with E-state index in [2.05, 4.69) is 5.10 Å². The maximum atomic E-state index is 12.6. The highest BCUT2D eigenvalue weighted by Crippen LogP contribution is 2.06. The van der Waals surface area contributed by atoms with Crippen LogP contribution in [0.2, 0.25) is 0 Å². The predicted molar refractivity (Wildman–Crippen MR) is 32.2 cm³/mol. The minimum atomic E-state index is -0.651. The maximum Gasteiger partial charge on any atom is 0.235 e. The molecule has 5 heteroatoms. The van der Waals surface area contributed by atoms with Gasteiger partial charge in [-0.2, -0.15) is 14.8 Å². The molecule has 0 saturated heterocycles. The molecule has 0 aromatic carbocycles. The van der Waals surface area contributed by atoms with Crippen molar-refractivity contribution in [2.75, 3.05) is 5.73 Å². The summed E-state index contributed by atoms with van der Waals surface area (Å²) in [6.07, 6.45) is 1.17. The molecule has 1 aromatic heterocycles. The van der Waals surface area contributed by atoms with Crippen LogP contribution in [0.5, 0.6) is 0 Å². The van der Waals surface area contributed by atoms with Crippen molar-refractivity contribution in [2.24, 2.45) is 0 Å². The van der Waals surface area contributed by atoms with Gasteiger partial charge in [-0.25, -0.2) is 4.68 Å². The van der Waals surface area contributed by atoms with Crippen molar-refractivity contribution in [1.82, 2.24) is 9.78 Å². The van der Waals surface area contributed by atoms with Crippen molar-refractivity contribution in [1.29, 1.82) is 5.26 Å². The molecule has 4 nitrogen and oxygen atoms in total. The molecule has 0 amide bonds. The van der Waals surface area contributed by atoms with Crippen molar-refractivity contribution in [3.05, 3.63) is 12.1 Å². The first-order valence-electron chi connectivity index (χ1n) is 2.59. The molecule has 0 atom stereocenters. The Balaban J connectivity index is 2.96. The molecule has 0 spiro atoms. The topological polar surface area (TPSA) is 67.6 Å². The minimum Gasteiger partial charge on any atom is -0.394 e. The molecule has 1 rings (SSSR count). The van der Waals surface area contributed by atoms with Gasteiger partial charge in [0.05, 0.1) is 12.3 Å². The Kier molecular flexibility index (Phi) is 1.54. The number of hydrogen-bond acceptors (Lipinski definition) is 3. The number of nitrogen functional groups attached to an aromatic ring is 1. The van der Waals surface area contributed by atoms with Gasteiger partial charge in [0.2, 0.25) is 5.95 Å². The SMILES string of the molecule is N#CCn1ncc(N)c1F. The highest BCUT2D eigenvalue weighted by atomic mass is 19.1. The summed E-state index contributed by atoms with van der Waals surface area (Å²) < 4.78 is 13.5. The molecule has 0 unspecified atom stereocenters. The lowest BCUT2D eigenvalue weighted by molar-refractivity contribution is 0.490. The zero-order chi connectivity index (χ0) is 7.56. The number of halogens is 1. The Bertz CT molecular complexity index is 272. The number of aromatic nitrogens is 2. The third-order valence-electron chi connectivity index (χ3n) is 1.02. The minimum absolute atomic E-state index is 0.0322. The van der Waals surface area contributed by atoms with Crippen LogP contribution in [0.4, 0.5) is 10.1 Å². The average Bonchev–Trinajstić information content (AvgIpc) is 2.20. The molecular weight excluding hydrogens is 135 g/mol. The van der Waals surface area contributed by atoms with Gasteiger partial charge in [-0.1, -0.05) is 0 Å². The molecule has 0 fully saturated rings. The Morgan fingerprint density at radius 2 is 2.60 bits per heavy atom. The van der Waals surface area contributed by atoms with E-state index in [1.165, 1.54) is 6.20 Å². The van der Waals surface area contributed by atoms with Gasteiger partial charge in [0.15, 0.2) is 0 Å². The third-order valence-corrected chi connectivity index (χ3v) is 1.02. The molecule has 52 valence electrons. The van der Waals surface area contributed by atoms with E-state index in [1.54, 1.807) is 6.07 Å². The first kappa shape index (κ1) is 6.55. The zero-order valence-electron chi connectivity index (χ0n) is 5.08. The van der Waals surface area contributed by atoms with Crippen molar-refractivity contribution in [3.8, 4) is 6.07 Å². The monoisotopic (exact) mass is 140 g/mol. The quantitative estimate of drug-likeness (QED) is 0.602. The molecule has 0 aliphatic carbocycles. The highest BCUT2D eigenvalue weighted by molar-refractivity contribution is 5.32. The lowest BCUT2D eigenvalue weighted by atomic mass is 10.6.